The highest BCUT2D eigenvalue weighted by atomic mass is 16.3. The number of Topliss-reactive ketones (excluding diaryl/α,β-unsaturated/α-hetero) is 1. The first-order chi connectivity index (χ1) is 4.25. The van der Waals surface area contributed by atoms with Crippen molar-refractivity contribution in [3.05, 3.63) is 0 Å². The highest BCUT2D eigenvalue weighted by Gasteiger charge is 2.31. The molecule has 0 aromatic heterocycles. The average molecular weight is 128 g/mol. The maximum absolute atomic E-state index is 10.9. The Balaban J connectivity index is 2.55. The molecular weight excluding hydrogens is 116 g/mol. The molecule has 0 spiro atoms. The zero-order valence-corrected chi connectivity index (χ0v) is 5.63. The minimum absolute atomic E-state index is 0.0509. The van der Waals surface area contributed by atoms with Crippen LogP contribution in [0.2, 0.25) is 0 Å². The van der Waals surface area contributed by atoms with E-state index in [0.717, 1.165) is 6.42 Å². The Morgan fingerprint density at radius 1 is 1.78 bits per heavy atom. The molecule has 0 bridgehead atoms. The van der Waals surface area contributed by atoms with Gasteiger partial charge in [-0.3, -0.25) is 4.79 Å². The summed E-state index contributed by atoms with van der Waals surface area (Å²) in [6, 6.07) is 0. The lowest BCUT2D eigenvalue weighted by Crippen LogP contribution is -2.17. The molecular formula is C7H12O2. The van der Waals surface area contributed by atoms with Gasteiger partial charge in [-0.2, -0.15) is 0 Å². The number of carbonyl (C=O) groups excluding carboxylic acids is 1. The van der Waals surface area contributed by atoms with Gasteiger partial charge < -0.3 is 5.11 Å². The van der Waals surface area contributed by atoms with Gasteiger partial charge in [0.2, 0.25) is 0 Å². The Labute approximate surface area is 54.9 Å². The van der Waals surface area contributed by atoms with E-state index in [0.29, 0.717) is 12.8 Å². The fraction of sp³-hybridized carbons (Fsp3) is 0.857. The third-order valence-electron chi connectivity index (χ3n) is 2.00. The van der Waals surface area contributed by atoms with Gasteiger partial charge in [-0.15, -0.1) is 0 Å². The van der Waals surface area contributed by atoms with Crippen molar-refractivity contribution in [2.24, 2.45) is 5.92 Å². The van der Waals surface area contributed by atoms with Crippen LogP contribution in [0.4, 0.5) is 0 Å². The molecule has 0 radical (unpaired) electrons. The molecule has 2 nitrogen and oxygen atoms in total. The maximum atomic E-state index is 10.9. The molecule has 1 fully saturated rings. The second kappa shape index (κ2) is 2.48. The molecule has 0 heterocycles. The molecule has 1 rings (SSSR count). The predicted octanol–water partition coefficient (Wildman–Crippen LogP) is 0.736. The first kappa shape index (κ1) is 6.75. The Morgan fingerprint density at radius 2 is 2.44 bits per heavy atom. The van der Waals surface area contributed by atoms with Crippen LogP contribution in [0.25, 0.3) is 0 Å². The maximum Gasteiger partial charge on any atom is 0.138 e. The third kappa shape index (κ3) is 1.13. The lowest BCUT2D eigenvalue weighted by atomic mass is 10.0. The van der Waals surface area contributed by atoms with Crippen LogP contribution in [0.15, 0.2) is 0 Å². The number of aliphatic hydroxyl groups excluding tert-OH is 1. The van der Waals surface area contributed by atoms with Crippen molar-refractivity contribution in [3.8, 4) is 0 Å². The second-order valence-corrected chi connectivity index (χ2v) is 2.59. The van der Waals surface area contributed by atoms with E-state index in [1.165, 1.54) is 0 Å². The van der Waals surface area contributed by atoms with E-state index in [4.69, 9.17) is 5.11 Å². The van der Waals surface area contributed by atoms with E-state index < -0.39 is 0 Å². The fourth-order valence-corrected chi connectivity index (χ4v) is 1.39. The number of rotatable bonds is 1. The first-order valence-corrected chi connectivity index (χ1v) is 3.46. The van der Waals surface area contributed by atoms with Crippen LogP contribution >= 0.6 is 0 Å². The van der Waals surface area contributed by atoms with Crippen LogP contribution in [0.1, 0.15) is 26.2 Å². The molecule has 0 aromatic carbocycles. The van der Waals surface area contributed by atoms with Gasteiger partial charge in [0, 0.05) is 12.3 Å². The minimum Gasteiger partial charge on any atom is -0.392 e. The summed E-state index contributed by atoms with van der Waals surface area (Å²) in [6.45, 7) is 1.94. The van der Waals surface area contributed by atoms with Gasteiger partial charge in [-0.25, -0.2) is 0 Å². The summed E-state index contributed by atoms with van der Waals surface area (Å²) >= 11 is 0. The number of carbonyl (C=O) groups is 1. The quantitative estimate of drug-likeness (QED) is 0.565. The predicted molar refractivity (Wildman–Crippen MR) is 34.0 cm³/mol. The van der Waals surface area contributed by atoms with Gasteiger partial charge in [0.1, 0.15) is 5.78 Å². The molecule has 9 heavy (non-hydrogen) atoms. The summed E-state index contributed by atoms with van der Waals surface area (Å²) in [7, 11) is 0. The SMILES string of the molecule is CC[C@@H]1C(=O)CCC1O. The van der Waals surface area contributed by atoms with Crippen LogP contribution in [-0.2, 0) is 4.79 Å². The number of hydrogen-bond acceptors (Lipinski definition) is 2. The molecule has 2 heteroatoms. The van der Waals surface area contributed by atoms with E-state index in [1.807, 2.05) is 6.92 Å². The Morgan fingerprint density at radius 3 is 2.67 bits per heavy atom. The summed E-state index contributed by atoms with van der Waals surface area (Å²) in [5.74, 6) is 0.190. The zero-order chi connectivity index (χ0) is 6.85. The van der Waals surface area contributed by atoms with E-state index >= 15 is 0 Å². The molecule has 0 saturated heterocycles. The van der Waals surface area contributed by atoms with Crippen molar-refractivity contribution >= 4 is 5.78 Å². The highest BCUT2D eigenvalue weighted by molar-refractivity contribution is 5.83. The summed E-state index contributed by atoms with van der Waals surface area (Å²) in [5.41, 5.74) is 0. The monoisotopic (exact) mass is 128 g/mol. The number of ketones is 1. The summed E-state index contributed by atoms with van der Waals surface area (Å²) in [5, 5.41) is 9.14. The first-order valence-electron chi connectivity index (χ1n) is 3.46. The molecule has 2 atom stereocenters. The topological polar surface area (TPSA) is 37.3 Å². The van der Waals surface area contributed by atoms with Crippen LogP contribution in [0, 0.1) is 5.92 Å². The normalized spacial score (nSPS) is 35.6. The van der Waals surface area contributed by atoms with Gasteiger partial charge in [-0.05, 0) is 12.8 Å². The summed E-state index contributed by atoms with van der Waals surface area (Å²) in [4.78, 5) is 10.9. The molecule has 52 valence electrons. The smallest absolute Gasteiger partial charge is 0.138 e. The van der Waals surface area contributed by atoms with Crippen molar-refractivity contribution < 1.29 is 9.90 Å². The Bertz CT molecular complexity index is 120. The van der Waals surface area contributed by atoms with Crippen molar-refractivity contribution in [1.82, 2.24) is 0 Å². The molecule has 1 unspecified atom stereocenters. The van der Waals surface area contributed by atoms with Gasteiger partial charge in [-0.1, -0.05) is 6.92 Å². The standard InChI is InChI=1S/C7H12O2/c1-2-5-6(8)3-4-7(5)9/h5-6,8H,2-4H2,1H3/t5-,6?/m0/s1. The van der Waals surface area contributed by atoms with E-state index in [9.17, 15) is 4.79 Å². The molecule has 0 aliphatic heterocycles. The van der Waals surface area contributed by atoms with Crippen molar-refractivity contribution in [2.75, 3.05) is 0 Å². The average Bonchev–Trinajstić information content (AvgIpc) is 2.12. The molecule has 1 saturated carbocycles. The minimum atomic E-state index is -0.345. The lowest BCUT2D eigenvalue weighted by molar-refractivity contribution is -0.122. The van der Waals surface area contributed by atoms with Gasteiger partial charge in [0.15, 0.2) is 0 Å². The lowest BCUT2D eigenvalue weighted by Gasteiger charge is -2.07. The van der Waals surface area contributed by atoms with Crippen LogP contribution in [-0.4, -0.2) is 17.0 Å². The van der Waals surface area contributed by atoms with E-state index in [1.54, 1.807) is 0 Å². The molecule has 1 N–H and O–H groups in total. The second-order valence-electron chi connectivity index (χ2n) is 2.59. The molecule has 0 aromatic rings. The molecule has 0 amide bonds. The largest absolute Gasteiger partial charge is 0.392 e. The Hall–Kier alpha value is -0.370. The van der Waals surface area contributed by atoms with Gasteiger partial charge >= 0.3 is 0 Å². The third-order valence-corrected chi connectivity index (χ3v) is 2.00. The molecule has 1 aliphatic rings. The van der Waals surface area contributed by atoms with Crippen molar-refractivity contribution in [3.63, 3.8) is 0 Å². The highest BCUT2D eigenvalue weighted by Crippen LogP contribution is 2.24. The van der Waals surface area contributed by atoms with Gasteiger partial charge in [0.05, 0.1) is 6.10 Å². The zero-order valence-electron chi connectivity index (χ0n) is 5.63. The van der Waals surface area contributed by atoms with Crippen LogP contribution in [0.5, 0.6) is 0 Å². The number of aliphatic hydroxyl groups is 1. The van der Waals surface area contributed by atoms with E-state index in [-0.39, 0.29) is 17.8 Å². The fourth-order valence-electron chi connectivity index (χ4n) is 1.39. The van der Waals surface area contributed by atoms with Crippen LogP contribution < -0.4 is 0 Å². The van der Waals surface area contributed by atoms with E-state index in [2.05, 4.69) is 0 Å². The van der Waals surface area contributed by atoms with Crippen LogP contribution in [0.3, 0.4) is 0 Å². The molecule has 1 aliphatic carbocycles. The van der Waals surface area contributed by atoms with Gasteiger partial charge in [0.25, 0.3) is 0 Å². The number of hydrogen-bond donors (Lipinski definition) is 1. The summed E-state index contributed by atoms with van der Waals surface area (Å²) in [6.07, 6.45) is 1.71. The van der Waals surface area contributed by atoms with Crippen molar-refractivity contribution in [2.45, 2.75) is 32.3 Å². The Kier molecular flexibility index (Phi) is 1.86. The van der Waals surface area contributed by atoms with Crippen molar-refractivity contribution in [1.29, 1.82) is 0 Å². The summed E-state index contributed by atoms with van der Waals surface area (Å²) < 4.78 is 0.